The summed E-state index contributed by atoms with van der Waals surface area (Å²) in [5.41, 5.74) is 3.36. The molecule has 2 aromatic carbocycles. The highest BCUT2D eigenvalue weighted by Crippen LogP contribution is 2.25. The van der Waals surface area contributed by atoms with Crippen molar-refractivity contribution in [2.75, 3.05) is 17.2 Å². The lowest BCUT2D eigenvalue weighted by molar-refractivity contribution is 0.102. The van der Waals surface area contributed by atoms with Crippen LogP contribution in [0.1, 0.15) is 22.3 Å². The Balaban J connectivity index is 1.79. The van der Waals surface area contributed by atoms with Gasteiger partial charge in [-0.2, -0.15) is 0 Å². The van der Waals surface area contributed by atoms with Crippen molar-refractivity contribution in [1.82, 2.24) is 0 Å². The molecule has 0 unspecified atom stereocenters. The molecule has 20 heavy (non-hydrogen) atoms. The highest BCUT2D eigenvalue weighted by Gasteiger charge is 2.11. The number of carbonyl (C=O) groups is 1. The van der Waals surface area contributed by atoms with Gasteiger partial charge in [0.15, 0.2) is 0 Å². The molecule has 0 spiro atoms. The highest BCUT2D eigenvalue weighted by molar-refractivity contribution is 6.04. The minimum absolute atomic E-state index is 0.305. The van der Waals surface area contributed by atoms with E-state index >= 15 is 0 Å². The molecule has 2 aromatic rings. The quantitative estimate of drug-likeness (QED) is 0.877. The zero-order valence-corrected chi connectivity index (χ0v) is 10.9. The Kier molecular flexibility index (Phi) is 3.37. The summed E-state index contributed by atoms with van der Waals surface area (Å²) in [6.45, 7) is 0.953. The second-order valence-corrected chi connectivity index (χ2v) is 4.87. The molecule has 102 valence electrons. The first kappa shape index (κ1) is 12.7. The molecule has 0 atom stereocenters. The topological polar surface area (TPSA) is 41.1 Å². The third-order valence-corrected chi connectivity index (χ3v) is 3.39. The van der Waals surface area contributed by atoms with E-state index < -0.39 is 5.82 Å². The summed E-state index contributed by atoms with van der Waals surface area (Å²) >= 11 is 0. The standard InChI is InChI=1S/C16H15FN2O/c17-13-5-1-3-12(9-13)16(20)19-14-7-6-11-4-2-8-18-15(11)10-14/h1,3,5-7,9-10,18H,2,4,8H2,(H,19,20). The summed E-state index contributed by atoms with van der Waals surface area (Å²) < 4.78 is 13.1. The molecule has 0 aliphatic carbocycles. The molecule has 1 aliphatic heterocycles. The van der Waals surface area contributed by atoms with Crippen molar-refractivity contribution >= 4 is 17.3 Å². The first-order valence-corrected chi connectivity index (χ1v) is 6.66. The Morgan fingerprint density at radius 3 is 2.95 bits per heavy atom. The van der Waals surface area contributed by atoms with E-state index in [0.29, 0.717) is 11.3 Å². The van der Waals surface area contributed by atoms with Gasteiger partial charge in [0.25, 0.3) is 5.91 Å². The number of hydrogen-bond acceptors (Lipinski definition) is 2. The molecule has 0 saturated heterocycles. The van der Waals surface area contributed by atoms with Crippen LogP contribution in [0.5, 0.6) is 0 Å². The largest absolute Gasteiger partial charge is 0.385 e. The molecule has 0 saturated carbocycles. The van der Waals surface area contributed by atoms with Crippen molar-refractivity contribution in [2.45, 2.75) is 12.8 Å². The van der Waals surface area contributed by atoms with Crippen LogP contribution < -0.4 is 10.6 Å². The van der Waals surface area contributed by atoms with Crippen molar-refractivity contribution in [1.29, 1.82) is 0 Å². The zero-order valence-electron chi connectivity index (χ0n) is 10.9. The molecule has 3 rings (SSSR count). The van der Waals surface area contributed by atoms with Crippen LogP contribution in [-0.2, 0) is 6.42 Å². The first-order chi connectivity index (χ1) is 9.72. The van der Waals surface area contributed by atoms with Gasteiger partial charge in [-0.25, -0.2) is 4.39 Å². The van der Waals surface area contributed by atoms with Gasteiger partial charge in [0.1, 0.15) is 5.82 Å². The van der Waals surface area contributed by atoms with Crippen molar-refractivity contribution in [3.63, 3.8) is 0 Å². The van der Waals surface area contributed by atoms with E-state index in [1.54, 1.807) is 6.07 Å². The fourth-order valence-corrected chi connectivity index (χ4v) is 2.37. The van der Waals surface area contributed by atoms with E-state index in [4.69, 9.17) is 0 Å². The van der Waals surface area contributed by atoms with Crippen LogP contribution in [0.15, 0.2) is 42.5 Å². The van der Waals surface area contributed by atoms with Gasteiger partial charge in [0, 0.05) is 23.5 Å². The summed E-state index contributed by atoms with van der Waals surface area (Å²) in [5, 5.41) is 6.10. The fourth-order valence-electron chi connectivity index (χ4n) is 2.37. The van der Waals surface area contributed by atoms with Crippen LogP contribution in [0.25, 0.3) is 0 Å². The predicted octanol–water partition coefficient (Wildman–Crippen LogP) is 3.44. The molecule has 1 heterocycles. The number of benzene rings is 2. The molecule has 1 aliphatic rings. The smallest absolute Gasteiger partial charge is 0.255 e. The molecule has 0 aromatic heterocycles. The molecule has 0 radical (unpaired) electrons. The number of aryl methyl sites for hydroxylation is 1. The van der Waals surface area contributed by atoms with Crippen LogP contribution in [0.3, 0.4) is 0 Å². The lowest BCUT2D eigenvalue weighted by Gasteiger charge is -2.18. The average molecular weight is 270 g/mol. The van der Waals surface area contributed by atoms with E-state index in [2.05, 4.69) is 10.6 Å². The molecule has 1 amide bonds. The number of halogens is 1. The first-order valence-electron chi connectivity index (χ1n) is 6.66. The van der Waals surface area contributed by atoms with Gasteiger partial charge >= 0.3 is 0 Å². The molecule has 0 fully saturated rings. The summed E-state index contributed by atoms with van der Waals surface area (Å²) in [6.07, 6.45) is 2.18. The lowest BCUT2D eigenvalue weighted by Crippen LogP contribution is -2.14. The van der Waals surface area contributed by atoms with Crippen LogP contribution in [0, 0.1) is 5.82 Å². The number of anilines is 2. The summed E-state index contributed by atoms with van der Waals surface area (Å²) in [6, 6.07) is 11.5. The minimum Gasteiger partial charge on any atom is -0.385 e. The van der Waals surface area contributed by atoms with Gasteiger partial charge in [0.05, 0.1) is 0 Å². The molecule has 2 N–H and O–H groups in total. The number of hydrogen-bond donors (Lipinski definition) is 2. The zero-order chi connectivity index (χ0) is 13.9. The Labute approximate surface area is 116 Å². The van der Waals surface area contributed by atoms with E-state index in [1.165, 1.54) is 23.8 Å². The Hall–Kier alpha value is -2.36. The van der Waals surface area contributed by atoms with Crippen molar-refractivity contribution in [3.05, 3.63) is 59.4 Å². The van der Waals surface area contributed by atoms with Crippen LogP contribution in [0.4, 0.5) is 15.8 Å². The van der Waals surface area contributed by atoms with E-state index in [9.17, 15) is 9.18 Å². The Morgan fingerprint density at radius 1 is 1.20 bits per heavy atom. The van der Waals surface area contributed by atoms with Gasteiger partial charge in [-0.3, -0.25) is 4.79 Å². The summed E-state index contributed by atoms with van der Waals surface area (Å²) in [7, 11) is 0. The number of carbonyl (C=O) groups excluding carboxylic acids is 1. The maximum atomic E-state index is 13.1. The Bertz CT molecular complexity index is 655. The number of nitrogens with one attached hydrogen (secondary N) is 2. The third-order valence-electron chi connectivity index (χ3n) is 3.39. The number of rotatable bonds is 2. The normalized spacial score (nSPS) is 13.2. The maximum Gasteiger partial charge on any atom is 0.255 e. The van der Waals surface area contributed by atoms with Crippen molar-refractivity contribution in [3.8, 4) is 0 Å². The maximum absolute atomic E-state index is 13.1. The van der Waals surface area contributed by atoms with Crippen LogP contribution >= 0.6 is 0 Å². The monoisotopic (exact) mass is 270 g/mol. The van der Waals surface area contributed by atoms with Crippen LogP contribution in [-0.4, -0.2) is 12.5 Å². The SMILES string of the molecule is O=C(Nc1ccc2c(c1)NCCC2)c1cccc(F)c1. The molecule has 3 nitrogen and oxygen atoms in total. The molecule has 0 bridgehead atoms. The minimum atomic E-state index is -0.412. The van der Waals surface area contributed by atoms with Gasteiger partial charge < -0.3 is 10.6 Å². The van der Waals surface area contributed by atoms with Gasteiger partial charge in [-0.05, 0) is 48.7 Å². The van der Waals surface area contributed by atoms with Gasteiger partial charge in [-0.1, -0.05) is 12.1 Å². The second kappa shape index (κ2) is 5.33. The predicted molar refractivity (Wildman–Crippen MR) is 77.6 cm³/mol. The summed E-state index contributed by atoms with van der Waals surface area (Å²) in [5.74, 6) is -0.718. The fraction of sp³-hybridized carbons (Fsp3) is 0.188. The average Bonchev–Trinajstić information content (AvgIpc) is 2.47. The second-order valence-electron chi connectivity index (χ2n) is 4.87. The molecular weight excluding hydrogens is 255 g/mol. The highest BCUT2D eigenvalue weighted by atomic mass is 19.1. The number of fused-ring (bicyclic) bond motifs is 1. The van der Waals surface area contributed by atoms with Gasteiger partial charge in [-0.15, -0.1) is 0 Å². The van der Waals surface area contributed by atoms with E-state index in [1.807, 2.05) is 18.2 Å². The third kappa shape index (κ3) is 2.64. The Morgan fingerprint density at radius 2 is 2.10 bits per heavy atom. The van der Waals surface area contributed by atoms with E-state index in [-0.39, 0.29) is 5.91 Å². The lowest BCUT2D eigenvalue weighted by atomic mass is 10.0. The number of amides is 1. The van der Waals surface area contributed by atoms with E-state index in [0.717, 1.165) is 25.1 Å². The van der Waals surface area contributed by atoms with Crippen molar-refractivity contribution in [2.24, 2.45) is 0 Å². The van der Waals surface area contributed by atoms with Gasteiger partial charge in [0.2, 0.25) is 0 Å². The van der Waals surface area contributed by atoms with Crippen LogP contribution in [0.2, 0.25) is 0 Å². The molecule has 4 heteroatoms. The van der Waals surface area contributed by atoms with Crippen molar-refractivity contribution < 1.29 is 9.18 Å². The summed E-state index contributed by atoms with van der Waals surface area (Å²) in [4.78, 5) is 12.0. The molecular formula is C16H15FN2O.